The Morgan fingerprint density at radius 3 is 2.79 bits per heavy atom. The zero-order chi connectivity index (χ0) is 13.7. The van der Waals surface area contributed by atoms with E-state index in [1.807, 2.05) is 25.1 Å². The van der Waals surface area contributed by atoms with Crippen LogP contribution in [-0.2, 0) is 17.3 Å². The van der Waals surface area contributed by atoms with Crippen LogP contribution in [0.25, 0.3) is 11.3 Å². The molecule has 0 saturated carbocycles. The number of rotatable bonds is 6. The van der Waals surface area contributed by atoms with Gasteiger partial charge in [0.15, 0.2) is 0 Å². The summed E-state index contributed by atoms with van der Waals surface area (Å²) in [5, 5.41) is 6.62. The summed E-state index contributed by atoms with van der Waals surface area (Å²) in [6.07, 6.45) is 1.74. The minimum atomic E-state index is -0.772. The number of aromatic nitrogens is 1. The number of nitrogens with one attached hydrogen (secondary N) is 1. The molecule has 1 aromatic carbocycles. The highest BCUT2D eigenvalue weighted by atomic mass is 32.2. The molecule has 0 aliphatic rings. The molecule has 0 fully saturated rings. The predicted molar refractivity (Wildman–Crippen MR) is 82.8 cm³/mol. The Labute approximate surface area is 120 Å². The quantitative estimate of drug-likeness (QED) is 0.890. The van der Waals surface area contributed by atoms with Gasteiger partial charge in [0.2, 0.25) is 0 Å². The minimum Gasteiger partial charge on any atom is -0.309 e. The molecule has 3 nitrogen and oxygen atoms in total. The third-order valence-electron chi connectivity index (χ3n) is 2.90. The third kappa shape index (κ3) is 4.23. The summed E-state index contributed by atoms with van der Waals surface area (Å²) in [5.74, 6) is 0. The number of benzene rings is 1. The van der Waals surface area contributed by atoms with Crippen molar-refractivity contribution in [2.75, 3.05) is 12.8 Å². The molecule has 0 amide bonds. The van der Waals surface area contributed by atoms with Crippen LogP contribution in [-0.4, -0.2) is 27.2 Å². The van der Waals surface area contributed by atoms with Gasteiger partial charge in [-0.3, -0.25) is 4.21 Å². The van der Waals surface area contributed by atoms with E-state index in [-0.39, 0.29) is 5.25 Å². The number of hydrogen-bond acceptors (Lipinski definition) is 4. The predicted octanol–water partition coefficient (Wildman–Crippen LogP) is 2.67. The first-order chi connectivity index (χ1) is 9.16. The lowest BCUT2D eigenvalue weighted by Crippen LogP contribution is -2.27. The van der Waals surface area contributed by atoms with E-state index in [1.54, 1.807) is 17.6 Å². The summed E-state index contributed by atoms with van der Waals surface area (Å²) in [7, 11) is -0.772. The second kappa shape index (κ2) is 6.93. The number of nitrogens with zero attached hydrogens (tertiary/aromatic N) is 1. The van der Waals surface area contributed by atoms with Crippen molar-refractivity contribution in [3.8, 4) is 11.3 Å². The average Bonchev–Trinajstić information content (AvgIpc) is 2.88. The fourth-order valence-corrected chi connectivity index (χ4v) is 2.76. The van der Waals surface area contributed by atoms with E-state index in [0.717, 1.165) is 29.4 Å². The van der Waals surface area contributed by atoms with Crippen molar-refractivity contribution in [3.05, 3.63) is 40.7 Å². The van der Waals surface area contributed by atoms with Crippen LogP contribution in [0.5, 0.6) is 0 Å². The van der Waals surface area contributed by atoms with Crippen LogP contribution in [0.3, 0.4) is 0 Å². The Morgan fingerprint density at radius 1 is 1.37 bits per heavy atom. The molecule has 102 valence electrons. The van der Waals surface area contributed by atoms with E-state index in [9.17, 15) is 4.21 Å². The lowest BCUT2D eigenvalue weighted by Gasteiger charge is -2.08. The standard InChI is InChI=1S/C14H18N2OS2/c1-11(19(2)17)8-15-9-14-16-13(10-18-14)12-6-4-3-5-7-12/h3-7,10-11,15H,8-9H2,1-2H3. The van der Waals surface area contributed by atoms with Crippen molar-refractivity contribution in [2.24, 2.45) is 0 Å². The highest BCUT2D eigenvalue weighted by Gasteiger charge is 2.07. The van der Waals surface area contributed by atoms with Crippen LogP contribution in [0.2, 0.25) is 0 Å². The summed E-state index contributed by atoms with van der Waals surface area (Å²) >= 11 is 1.65. The van der Waals surface area contributed by atoms with Gasteiger partial charge >= 0.3 is 0 Å². The summed E-state index contributed by atoms with van der Waals surface area (Å²) in [6.45, 7) is 3.47. The summed E-state index contributed by atoms with van der Waals surface area (Å²) < 4.78 is 11.2. The first-order valence-corrected chi connectivity index (χ1v) is 8.69. The maximum absolute atomic E-state index is 11.2. The molecule has 0 spiro atoms. The molecule has 1 aromatic heterocycles. The maximum atomic E-state index is 11.2. The highest BCUT2D eigenvalue weighted by molar-refractivity contribution is 7.84. The van der Waals surface area contributed by atoms with Crippen molar-refractivity contribution >= 4 is 22.1 Å². The van der Waals surface area contributed by atoms with Gasteiger partial charge < -0.3 is 5.32 Å². The summed E-state index contributed by atoms with van der Waals surface area (Å²) in [5.41, 5.74) is 2.17. The Hall–Kier alpha value is -1.04. The van der Waals surface area contributed by atoms with Crippen LogP contribution < -0.4 is 5.32 Å². The van der Waals surface area contributed by atoms with Gasteiger partial charge in [0.25, 0.3) is 0 Å². The fraction of sp³-hybridized carbons (Fsp3) is 0.357. The van der Waals surface area contributed by atoms with Crippen LogP contribution >= 0.6 is 11.3 Å². The van der Waals surface area contributed by atoms with Gasteiger partial charge in [-0.15, -0.1) is 11.3 Å². The van der Waals surface area contributed by atoms with Crippen LogP contribution in [0.15, 0.2) is 35.7 Å². The van der Waals surface area contributed by atoms with Gasteiger partial charge in [-0.05, 0) is 6.92 Å². The lowest BCUT2D eigenvalue weighted by molar-refractivity contribution is 0.646. The third-order valence-corrected chi connectivity index (χ3v) is 5.04. The van der Waals surface area contributed by atoms with Gasteiger partial charge in [0.1, 0.15) is 5.01 Å². The largest absolute Gasteiger partial charge is 0.309 e. The van der Waals surface area contributed by atoms with Crippen LogP contribution in [0.1, 0.15) is 11.9 Å². The fourth-order valence-electron chi connectivity index (χ4n) is 1.63. The minimum absolute atomic E-state index is 0.175. The Balaban J connectivity index is 1.90. The molecule has 0 radical (unpaired) electrons. The number of thiazole rings is 1. The van der Waals surface area contributed by atoms with E-state index in [2.05, 4.69) is 27.8 Å². The molecule has 2 atom stereocenters. The van der Waals surface area contributed by atoms with E-state index in [4.69, 9.17) is 0 Å². The van der Waals surface area contributed by atoms with E-state index < -0.39 is 10.8 Å². The van der Waals surface area contributed by atoms with Gasteiger partial charge in [-0.1, -0.05) is 30.3 Å². The highest BCUT2D eigenvalue weighted by Crippen LogP contribution is 2.21. The van der Waals surface area contributed by atoms with Gasteiger partial charge in [0, 0.05) is 46.3 Å². The summed E-state index contributed by atoms with van der Waals surface area (Å²) in [4.78, 5) is 4.60. The molecule has 5 heteroatoms. The monoisotopic (exact) mass is 294 g/mol. The Morgan fingerprint density at radius 2 is 2.11 bits per heavy atom. The molecule has 1 heterocycles. The van der Waals surface area contributed by atoms with E-state index in [0.29, 0.717) is 0 Å². The van der Waals surface area contributed by atoms with Crippen molar-refractivity contribution < 1.29 is 4.21 Å². The van der Waals surface area contributed by atoms with E-state index in [1.165, 1.54) is 0 Å². The first kappa shape index (κ1) is 14.4. The van der Waals surface area contributed by atoms with E-state index >= 15 is 0 Å². The zero-order valence-corrected chi connectivity index (χ0v) is 12.8. The van der Waals surface area contributed by atoms with Crippen LogP contribution in [0.4, 0.5) is 0 Å². The maximum Gasteiger partial charge on any atom is 0.107 e. The van der Waals surface area contributed by atoms with Crippen molar-refractivity contribution in [1.82, 2.24) is 10.3 Å². The molecular formula is C14H18N2OS2. The normalized spacial score (nSPS) is 14.2. The van der Waals surface area contributed by atoms with Crippen molar-refractivity contribution in [1.29, 1.82) is 0 Å². The second-order valence-corrected chi connectivity index (χ2v) is 7.18. The molecule has 2 aromatic rings. The van der Waals surface area contributed by atoms with Crippen LogP contribution in [0, 0.1) is 0 Å². The topological polar surface area (TPSA) is 42.0 Å². The second-order valence-electron chi connectivity index (χ2n) is 4.43. The first-order valence-electron chi connectivity index (χ1n) is 6.19. The van der Waals surface area contributed by atoms with Crippen molar-refractivity contribution in [2.45, 2.75) is 18.7 Å². The molecule has 0 bridgehead atoms. The van der Waals surface area contributed by atoms with Crippen molar-refractivity contribution in [3.63, 3.8) is 0 Å². The lowest BCUT2D eigenvalue weighted by atomic mass is 10.2. The Bertz CT molecular complexity index is 539. The Kier molecular flexibility index (Phi) is 5.24. The zero-order valence-electron chi connectivity index (χ0n) is 11.1. The molecule has 19 heavy (non-hydrogen) atoms. The molecule has 0 aliphatic heterocycles. The molecule has 2 unspecified atom stereocenters. The molecular weight excluding hydrogens is 276 g/mol. The molecule has 2 rings (SSSR count). The molecule has 0 aliphatic carbocycles. The summed E-state index contributed by atoms with van der Waals surface area (Å²) in [6, 6.07) is 10.2. The SMILES string of the molecule is CC(CNCc1nc(-c2ccccc2)cs1)S(C)=O. The molecule has 0 saturated heterocycles. The number of hydrogen-bond donors (Lipinski definition) is 1. The van der Waals surface area contributed by atoms with Gasteiger partial charge in [-0.2, -0.15) is 0 Å². The average molecular weight is 294 g/mol. The smallest absolute Gasteiger partial charge is 0.107 e. The van der Waals surface area contributed by atoms with Gasteiger partial charge in [-0.25, -0.2) is 4.98 Å². The van der Waals surface area contributed by atoms with Gasteiger partial charge in [0.05, 0.1) is 5.69 Å². The molecule has 1 N–H and O–H groups in total.